The molecule has 0 aliphatic heterocycles. The van der Waals surface area contributed by atoms with E-state index in [1.165, 1.54) is 12.1 Å². The lowest BCUT2D eigenvalue weighted by Gasteiger charge is -2.12. The van der Waals surface area contributed by atoms with Gasteiger partial charge in [0.2, 0.25) is 0 Å². The smallest absolute Gasteiger partial charge is 0.257 e. The van der Waals surface area contributed by atoms with Crippen molar-refractivity contribution in [2.24, 2.45) is 11.7 Å². The molecule has 1 aromatic carbocycles. The van der Waals surface area contributed by atoms with Crippen molar-refractivity contribution in [1.82, 2.24) is 5.32 Å². The van der Waals surface area contributed by atoms with E-state index in [-0.39, 0.29) is 24.4 Å². The Bertz CT molecular complexity index is 464. The lowest BCUT2D eigenvalue weighted by molar-refractivity contribution is -0.123. The second-order valence-electron chi connectivity index (χ2n) is 5.65. The average molecular weight is 296 g/mol. The summed E-state index contributed by atoms with van der Waals surface area (Å²) in [4.78, 5) is 11.6. The third-order valence-corrected chi connectivity index (χ3v) is 3.03. The van der Waals surface area contributed by atoms with Gasteiger partial charge in [-0.2, -0.15) is 0 Å². The zero-order valence-corrected chi connectivity index (χ0v) is 13.0. The number of carbonyl (C=O) groups is 1. The molecule has 0 aliphatic rings. The highest BCUT2D eigenvalue weighted by molar-refractivity contribution is 5.77. The fourth-order valence-corrected chi connectivity index (χ4v) is 1.79. The number of carbonyl (C=O) groups excluding carboxylic acids is 1. The lowest BCUT2D eigenvalue weighted by atomic mass is 10.0. The topological polar surface area (TPSA) is 64.3 Å². The monoisotopic (exact) mass is 296 g/mol. The lowest BCUT2D eigenvalue weighted by Crippen LogP contribution is -2.31. The Morgan fingerprint density at radius 3 is 2.71 bits per heavy atom. The Labute approximate surface area is 125 Å². The van der Waals surface area contributed by atoms with Gasteiger partial charge < -0.3 is 15.8 Å². The van der Waals surface area contributed by atoms with Crippen LogP contribution in [0.3, 0.4) is 0 Å². The van der Waals surface area contributed by atoms with Crippen molar-refractivity contribution in [1.29, 1.82) is 0 Å². The molecule has 1 atom stereocenters. The molecule has 5 heteroatoms. The molecule has 1 rings (SSSR count). The standard InChI is InChI=1S/C16H25FN2O2/c1-4-14(18)6-12-5-13(17)8-15(7-12)21-10-16(20)19-9-11(2)3/h5,7-8,11,14H,4,6,9-10,18H2,1-3H3,(H,19,20). The Balaban J connectivity index is 2.56. The summed E-state index contributed by atoms with van der Waals surface area (Å²) >= 11 is 0. The van der Waals surface area contributed by atoms with Crippen LogP contribution in [0, 0.1) is 11.7 Å². The summed E-state index contributed by atoms with van der Waals surface area (Å²) in [5, 5.41) is 2.75. The number of ether oxygens (including phenoxy) is 1. The van der Waals surface area contributed by atoms with E-state index in [0.29, 0.717) is 24.6 Å². The molecule has 0 aliphatic carbocycles. The minimum Gasteiger partial charge on any atom is -0.484 e. The normalized spacial score (nSPS) is 12.3. The van der Waals surface area contributed by atoms with E-state index >= 15 is 0 Å². The molecule has 1 aromatic rings. The Hall–Kier alpha value is -1.62. The summed E-state index contributed by atoms with van der Waals surface area (Å²) in [6, 6.07) is 4.45. The van der Waals surface area contributed by atoms with Gasteiger partial charge in [-0.25, -0.2) is 4.39 Å². The molecule has 0 saturated carbocycles. The number of rotatable bonds is 8. The van der Waals surface area contributed by atoms with Crippen molar-refractivity contribution in [3.05, 3.63) is 29.6 Å². The van der Waals surface area contributed by atoms with Gasteiger partial charge in [0.1, 0.15) is 11.6 Å². The second-order valence-corrected chi connectivity index (χ2v) is 5.65. The largest absolute Gasteiger partial charge is 0.484 e. The Morgan fingerprint density at radius 1 is 1.38 bits per heavy atom. The summed E-state index contributed by atoms with van der Waals surface area (Å²) in [7, 11) is 0. The first-order valence-electron chi connectivity index (χ1n) is 7.35. The molecule has 4 nitrogen and oxygen atoms in total. The van der Waals surface area contributed by atoms with E-state index in [9.17, 15) is 9.18 Å². The maximum atomic E-state index is 13.5. The van der Waals surface area contributed by atoms with Crippen LogP contribution in [0.5, 0.6) is 5.75 Å². The maximum absolute atomic E-state index is 13.5. The Morgan fingerprint density at radius 2 is 2.10 bits per heavy atom. The highest BCUT2D eigenvalue weighted by Gasteiger charge is 2.08. The van der Waals surface area contributed by atoms with Crippen LogP contribution in [0.1, 0.15) is 32.8 Å². The van der Waals surface area contributed by atoms with Gasteiger partial charge in [-0.05, 0) is 36.5 Å². The predicted molar refractivity (Wildman–Crippen MR) is 81.7 cm³/mol. The van der Waals surface area contributed by atoms with Crippen molar-refractivity contribution in [2.45, 2.75) is 39.7 Å². The number of halogens is 1. The van der Waals surface area contributed by atoms with Crippen molar-refractivity contribution < 1.29 is 13.9 Å². The predicted octanol–water partition coefficient (Wildman–Crippen LogP) is 2.26. The zero-order valence-electron chi connectivity index (χ0n) is 13.0. The van der Waals surface area contributed by atoms with Crippen LogP contribution in [-0.4, -0.2) is 25.1 Å². The molecule has 1 unspecified atom stereocenters. The molecule has 118 valence electrons. The van der Waals surface area contributed by atoms with E-state index < -0.39 is 0 Å². The van der Waals surface area contributed by atoms with Crippen molar-refractivity contribution in [3.63, 3.8) is 0 Å². The fraction of sp³-hybridized carbons (Fsp3) is 0.562. The molecule has 1 amide bonds. The van der Waals surface area contributed by atoms with Gasteiger partial charge in [0, 0.05) is 18.7 Å². The van der Waals surface area contributed by atoms with Crippen LogP contribution < -0.4 is 15.8 Å². The van der Waals surface area contributed by atoms with Gasteiger partial charge in [-0.1, -0.05) is 20.8 Å². The van der Waals surface area contributed by atoms with E-state index in [4.69, 9.17) is 10.5 Å². The molecule has 0 saturated heterocycles. The van der Waals surface area contributed by atoms with E-state index in [2.05, 4.69) is 5.32 Å². The second kappa shape index (κ2) is 8.62. The third-order valence-electron chi connectivity index (χ3n) is 3.03. The van der Waals surface area contributed by atoms with E-state index in [1.807, 2.05) is 20.8 Å². The SMILES string of the molecule is CCC(N)Cc1cc(F)cc(OCC(=O)NCC(C)C)c1. The average Bonchev–Trinajstić information content (AvgIpc) is 2.42. The van der Waals surface area contributed by atoms with Crippen LogP contribution in [0.4, 0.5) is 4.39 Å². The summed E-state index contributed by atoms with van der Waals surface area (Å²) in [5.74, 6) is 0.145. The minimum atomic E-state index is -0.381. The minimum absolute atomic E-state index is 0.00556. The summed E-state index contributed by atoms with van der Waals surface area (Å²) in [6.45, 7) is 6.49. The molecule has 0 radical (unpaired) electrons. The highest BCUT2D eigenvalue weighted by Crippen LogP contribution is 2.18. The quantitative estimate of drug-likeness (QED) is 0.773. The molecule has 0 spiro atoms. The number of benzene rings is 1. The van der Waals surface area contributed by atoms with Crippen molar-refractivity contribution >= 4 is 5.91 Å². The van der Waals surface area contributed by atoms with Gasteiger partial charge in [0.15, 0.2) is 6.61 Å². The first-order valence-corrected chi connectivity index (χ1v) is 7.35. The fourth-order valence-electron chi connectivity index (χ4n) is 1.79. The van der Waals surface area contributed by atoms with Crippen molar-refractivity contribution in [2.75, 3.05) is 13.2 Å². The Kier molecular flexibility index (Phi) is 7.15. The highest BCUT2D eigenvalue weighted by atomic mass is 19.1. The number of nitrogens with two attached hydrogens (primary N) is 1. The number of hydrogen-bond acceptors (Lipinski definition) is 3. The van der Waals surface area contributed by atoms with Crippen LogP contribution in [0.2, 0.25) is 0 Å². The summed E-state index contributed by atoms with van der Waals surface area (Å²) in [5.41, 5.74) is 6.65. The van der Waals surface area contributed by atoms with Crippen LogP contribution in [-0.2, 0) is 11.2 Å². The molecule has 0 heterocycles. The van der Waals surface area contributed by atoms with Crippen LogP contribution in [0.25, 0.3) is 0 Å². The van der Waals surface area contributed by atoms with E-state index in [1.54, 1.807) is 6.07 Å². The first kappa shape index (κ1) is 17.4. The molecule has 3 N–H and O–H groups in total. The van der Waals surface area contributed by atoms with Crippen LogP contribution >= 0.6 is 0 Å². The number of amides is 1. The third kappa shape index (κ3) is 7.09. The van der Waals surface area contributed by atoms with Gasteiger partial charge in [0.05, 0.1) is 0 Å². The molecule has 0 aromatic heterocycles. The van der Waals surface area contributed by atoms with Crippen LogP contribution in [0.15, 0.2) is 18.2 Å². The first-order chi connectivity index (χ1) is 9.90. The molecule has 0 fully saturated rings. The van der Waals surface area contributed by atoms with Gasteiger partial charge in [0.25, 0.3) is 5.91 Å². The molecule has 21 heavy (non-hydrogen) atoms. The summed E-state index contributed by atoms with van der Waals surface area (Å²) < 4.78 is 18.9. The summed E-state index contributed by atoms with van der Waals surface area (Å²) in [6.07, 6.45) is 1.41. The molecule has 0 bridgehead atoms. The van der Waals surface area contributed by atoms with Gasteiger partial charge in [-0.3, -0.25) is 4.79 Å². The number of nitrogens with one attached hydrogen (secondary N) is 1. The van der Waals surface area contributed by atoms with Gasteiger partial charge >= 0.3 is 0 Å². The zero-order chi connectivity index (χ0) is 15.8. The molecular weight excluding hydrogens is 271 g/mol. The van der Waals surface area contributed by atoms with E-state index in [0.717, 1.165) is 12.0 Å². The molecular formula is C16H25FN2O2. The maximum Gasteiger partial charge on any atom is 0.257 e. The van der Waals surface area contributed by atoms with Crippen molar-refractivity contribution in [3.8, 4) is 5.75 Å². The number of hydrogen-bond donors (Lipinski definition) is 2. The van der Waals surface area contributed by atoms with Gasteiger partial charge in [-0.15, -0.1) is 0 Å².